The molecule has 0 radical (unpaired) electrons. The molecule has 222 valence electrons. The zero-order valence-electron chi connectivity index (χ0n) is 23.7. The molecule has 4 aromatic rings. The van der Waals surface area contributed by atoms with Crippen molar-refractivity contribution in [1.82, 2.24) is 0 Å². The summed E-state index contributed by atoms with van der Waals surface area (Å²) in [7, 11) is 0. The molecule has 0 bridgehead atoms. The van der Waals surface area contributed by atoms with Gasteiger partial charge in [0.25, 0.3) is 11.8 Å². The van der Waals surface area contributed by atoms with Gasteiger partial charge < -0.3 is 20.7 Å². The molecule has 3 N–H and O–H groups in total. The Morgan fingerprint density at radius 1 is 0.860 bits per heavy atom. The van der Waals surface area contributed by atoms with Gasteiger partial charge in [0.15, 0.2) is 0 Å². The van der Waals surface area contributed by atoms with Crippen LogP contribution in [0.15, 0.2) is 83.8 Å². The van der Waals surface area contributed by atoms with Gasteiger partial charge in [-0.2, -0.15) is 0 Å². The quantitative estimate of drug-likeness (QED) is 0.114. The number of nitrogens with one attached hydrogen (secondary N) is 3. The van der Waals surface area contributed by atoms with E-state index in [4.69, 9.17) is 16.3 Å². The second-order valence-corrected chi connectivity index (χ2v) is 12.0. The third-order valence-electron chi connectivity index (χ3n) is 6.22. The molecule has 0 saturated heterocycles. The Bertz CT molecular complexity index is 1640. The number of hydrogen-bond donors (Lipinski definition) is 3. The summed E-state index contributed by atoms with van der Waals surface area (Å²) < 4.78 is 5.25. The lowest BCUT2D eigenvalue weighted by atomic mass is 10.1. The molecule has 1 heterocycles. The van der Waals surface area contributed by atoms with Crippen LogP contribution in [0.3, 0.4) is 0 Å². The van der Waals surface area contributed by atoms with Crippen LogP contribution in [0.2, 0.25) is 5.02 Å². The van der Waals surface area contributed by atoms with Crippen molar-refractivity contribution < 1.29 is 23.9 Å². The smallest absolute Gasteiger partial charge is 0.341 e. The molecule has 4 rings (SSSR count). The predicted molar refractivity (Wildman–Crippen MR) is 174 cm³/mol. The molecule has 43 heavy (non-hydrogen) atoms. The maximum absolute atomic E-state index is 13.5. The van der Waals surface area contributed by atoms with Crippen LogP contribution < -0.4 is 16.0 Å². The topological polar surface area (TPSA) is 114 Å². The van der Waals surface area contributed by atoms with Crippen LogP contribution in [-0.4, -0.2) is 35.5 Å². The Labute approximate surface area is 263 Å². The maximum Gasteiger partial charge on any atom is 0.341 e. The average Bonchev–Trinajstić information content (AvgIpc) is 3.32. The van der Waals surface area contributed by atoms with E-state index in [2.05, 4.69) is 16.0 Å². The number of ether oxygens (including phenoxy) is 1. The van der Waals surface area contributed by atoms with E-state index in [0.717, 1.165) is 16.2 Å². The van der Waals surface area contributed by atoms with Gasteiger partial charge in [-0.25, -0.2) is 4.79 Å². The van der Waals surface area contributed by atoms with Gasteiger partial charge in [0.05, 0.1) is 22.3 Å². The van der Waals surface area contributed by atoms with E-state index < -0.39 is 17.1 Å². The van der Waals surface area contributed by atoms with Gasteiger partial charge in [-0.1, -0.05) is 48.9 Å². The molecule has 8 nitrogen and oxygen atoms in total. The number of benzene rings is 3. The Hall–Kier alpha value is -4.12. The molecule has 1 aromatic heterocycles. The molecule has 0 aliphatic rings. The van der Waals surface area contributed by atoms with E-state index in [1.54, 1.807) is 80.6 Å². The van der Waals surface area contributed by atoms with Crippen LogP contribution in [0.25, 0.3) is 0 Å². The lowest BCUT2D eigenvalue weighted by Crippen LogP contribution is -2.25. The van der Waals surface area contributed by atoms with Crippen molar-refractivity contribution >= 4 is 74.8 Å². The van der Waals surface area contributed by atoms with Gasteiger partial charge in [0, 0.05) is 26.9 Å². The van der Waals surface area contributed by atoms with Crippen molar-refractivity contribution in [3.8, 4) is 0 Å². The minimum atomic E-state index is -0.617. The van der Waals surface area contributed by atoms with Crippen LogP contribution in [0, 0.1) is 6.92 Å². The van der Waals surface area contributed by atoms with Crippen molar-refractivity contribution in [2.24, 2.45) is 0 Å². The first-order chi connectivity index (χ1) is 20.7. The fourth-order valence-corrected chi connectivity index (χ4v) is 6.43. The normalized spacial score (nSPS) is 11.3. The summed E-state index contributed by atoms with van der Waals surface area (Å²) in [6.07, 6.45) is 0.482. The van der Waals surface area contributed by atoms with Crippen LogP contribution in [0.1, 0.15) is 56.2 Å². The molecule has 0 aliphatic carbocycles. The summed E-state index contributed by atoms with van der Waals surface area (Å²) in [4.78, 5) is 53.2. The fraction of sp³-hybridized carbons (Fsp3) is 0.188. The SMILES string of the molecule is CCOC(=O)c1c(NC(=O)C(CC)Sc2cccc(NC(=O)c3cccc(Cl)c3)c2)sc(C(=O)Nc2ccccc2)c1C. The Kier molecular flexibility index (Phi) is 11.0. The molecule has 0 saturated carbocycles. The molecular formula is C32H30ClN3O5S2. The van der Waals surface area contributed by atoms with Crippen LogP contribution in [0.4, 0.5) is 16.4 Å². The maximum atomic E-state index is 13.5. The number of carbonyl (C=O) groups is 4. The summed E-state index contributed by atoms with van der Waals surface area (Å²) in [5, 5.41) is 8.74. The second-order valence-electron chi connectivity index (χ2n) is 9.30. The standard InChI is InChI=1S/C32H30ClN3O5S2/c1-4-25(42-24-16-10-15-23(18-24)35-28(37)20-11-9-12-21(33)17-20)29(38)36-31-26(32(40)41-5-2)19(3)27(43-31)30(39)34-22-13-7-6-8-14-22/h6-18,25H,4-5H2,1-3H3,(H,34,39)(H,35,37)(H,36,38). The highest BCUT2D eigenvalue weighted by Gasteiger charge is 2.28. The first kappa shape index (κ1) is 31.8. The number of esters is 1. The predicted octanol–water partition coefficient (Wildman–Crippen LogP) is 7.90. The zero-order valence-corrected chi connectivity index (χ0v) is 26.1. The molecule has 0 aliphatic heterocycles. The Morgan fingerprint density at radius 2 is 1.56 bits per heavy atom. The highest BCUT2D eigenvalue weighted by molar-refractivity contribution is 8.00. The molecule has 3 amide bonds. The van der Waals surface area contributed by atoms with Gasteiger partial charge in [0.2, 0.25) is 5.91 Å². The number of hydrogen-bond acceptors (Lipinski definition) is 7. The van der Waals surface area contributed by atoms with Crippen LogP contribution in [-0.2, 0) is 9.53 Å². The lowest BCUT2D eigenvalue weighted by molar-refractivity contribution is -0.115. The Morgan fingerprint density at radius 3 is 2.26 bits per heavy atom. The molecular weight excluding hydrogens is 606 g/mol. The third-order valence-corrected chi connectivity index (χ3v) is 9.02. The number of amides is 3. The average molecular weight is 636 g/mol. The Balaban J connectivity index is 1.51. The van der Waals surface area contributed by atoms with Crippen molar-refractivity contribution in [3.05, 3.63) is 105 Å². The summed E-state index contributed by atoms with van der Waals surface area (Å²) in [5.74, 6) is -1.64. The number of carbonyl (C=O) groups excluding carboxylic acids is 4. The van der Waals surface area contributed by atoms with Gasteiger partial charge >= 0.3 is 5.97 Å². The van der Waals surface area contributed by atoms with E-state index in [0.29, 0.717) is 38.8 Å². The number of thioether (sulfide) groups is 1. The minimum absolute atomic E-state index is 0.144. The van der Waals surface area contributed by atoms with Crippen molar-refractivity contribution in [3.63, 3.8) is 0 Å². The number of rotatable bonds is 11. The molecule has 11 heteroatoms. The van der Waals surface area contributed by atoms with Gasteiger partial charge in [0.1, 0.15) is 5.00 Å². The van der Waals surface area contributed by atoms with Gasteiger partial charge in [-0.15, -0.1) is 23.1 Å². The number of halogens is 1. The van der Waals surface area contributed by atoms with E-state index in [9.17, 15) is 19.2 Å². The first-order valence-electron chi connectivity index (χ1n) is 13.5. The summed E-state index contributed by atoms with van der Waals surface area (Å²) in [6, 6.07) is 22.8. The third kappa shape index (κ3) is 8.25. The molecule has 0 fully saturated rings. The van der Waals surface area contributed by atoms with E-state index in [1.165, 1.54) is 11.8 Å². The molecule has 1 atom stereocenters. The van der Waals surface area contributed by atoms with Crippen molar-refractivity contribution in [2.75, 3.05) is 22.6 Å². The molecule has 0 spiro atoms. The van der Waals surface area contributed by atoms with E-state index in [-0.39, 0.29) is 29.0 Å². The second kappa shape index (κ2) is 14.9. The number of para-hydroxylation sites is 1. The van der Waals surface area contributed by atoms with Crippen molar-refractivity contribution in [2.45, 2.75) is 37.3 Å². The highest BCUT2D eigenvalue weighted by Crippen LogP contribution is 2.36. The minimum Gasteiger partial charge on any atom is -0.462 e. The highest BCUT2D eigenvalue weighted by atomic mass is 35.5. The summed E-state index contributed by atoms with van der Waals surface area (Å²) in [5.41, 5.74) is 2.19. The van der Waals surface area contributed by atoms with Crippen LogP contribution >= 0.6 is 34.7 Å². The number of thiophene rings is 1. The van der Waals surface area contributed by atoms with Crippen LogP contribution in [0.5, 0.6) is 0 Å². The van der Waals surface area contributed by atoms with E-state index in [1.807, 2.05) is 19.1 Å². The summed E-state index contributed by atoms with van der Waals surface area (Å²) >= 11 is 8.36. The molecule has 3 aromatic carbocycles. The molecule has 1 unspecified atom stereocenters. The number of anilines is 3. The lowest BCUT2D eigenvalue weighted by Gasteiger charge is -2.15. The monoisotopic (exact) mass is 635 g/mol. The summed E-state index contributed by atoms with van der Waals surface area (Å²) in [6.45, 7) is 5.38. The van der Waals surface area contributed by atoms with Crippen molar-refractivity contribution in [1.29, 1.82) is 0 Å². The largest absolute Gasteiger partial charge is 0.462 e. The zero-order chi connectivity index (χ0) is 30.9. The fourth-order valence-electron chi connectivity index (χ4n) is 4.14. The van der Waals surface area contributed by atoms with E-state index >= 15 is 0 Å². The first-order valence-corrected chi connectivity index (χ1v) is 15.6. The van der Waals surface area contributed by atoms with Gasteiger partial charge in [-0.05, 0) is 74.4 Å². The van der Waals surface area contributed by atoms with Gasteiger partial charge in [-0.3, -0.25) is 14.4 Å².